The van der Waals surface area contributed by atoms with E-state index < -0.39 is 0 Å². The van der Waals surface area contributed by atoms with Gasteiger partial charge in [-0.2, -0.15) is 0 Å². The topological polar surface area (TPSA) is 43.0 Å². The first-order chi connectivity index (χ1) is 10.2. The molecule has 0 amide bonds. The van der Waals surface area contributed by atoms with Crippen LogP contribution < -0.4 is 14.8 Å². The van der Waals surface area contributed by atoms with Crippen LogP contribution in [0.2, 0.25) is 0 Å². The molecule has 21 heavy (non-hydrogen) atoms. The summed E-state index contributed by atoms with van der Waals surface area (Å²) in [4.78, 5) is 2.16. The first kappa shape index (κ1) is 17.8. The molecule has 0 saturated carbocycles. The molecular weight excluding hydrogens is 268 g/mol. The Morgan fingerprint density at radius 1 is 1.14 bits per heavy atom. The lowest BCUT2D eigenvalue weighted by Gasteiger charge is -2.15. The minimum absolute atomic E-state index is 0.697. The molecule has 1 aromatic carbocycles. The van der Waals surface area contributed by atoms with Crippen LogP contribution in [0.4, 0.5) is 0 Å². The average molecular weight is 296 g/mol. The Labute approximate surface area is 128 Å². The van der Waals surface area contributed by atoms with E-state index in [2.05, 4.69) is 24.3 Å². The van der Waals surface area contributed by atoms with E-state index in [4.69, 9.17) is 14.2 Å². The molecule has 0 fully saturated rings. The monoisotopic (exact) mass is 296 g/mol. The fraction of sp³-hybridized carbons (Fsp3) is 0.625. The van der Waals surface area contributed by atoms with Crippen molar-refractivity contribution in [1.29, 1.82) is 0 Å². The average Bonchev–Trinajstić information content (AvgIpc) is 2.48. The Morgan fingerprint density at radius 3 is 2.62 bits per heavy atom. The Balaban J connectivity index is 2.54. The summed E-state index contributed by atoms with van der Waals surface area (Å²) in [5.41, 5.74) is 1.11. The quantitative estimate of drug-likeness (QED) is 0.630. The van der Waals surface area contributed by atoms with Crippen molar-refractivity contribution in [2.75, 3.05) is 54.6 Å². The molecule has 0 unspecified atom stereocenters. The molecule has 0 heterocycles. The minimum Gasteiger partial charge on any atom is -0.497 e. The number of rotatable bonds is 11. The first-order valence-electron chi connectivity index (χ1n) is 7.31. The lowest BCUT2D eigenvalue weighted by Crippen LogP contribution is -2.19. The van der Waals surface area contributed by atoms with Crippen molar-refractivity contribution >= 4 is 0 Å². The van der Waals surface area contributed by atoms with E-state index in [9.17, 15) is 0 Å². The van der Waals surface area contributed by atoms with Crippen LogP contribution in [-0.4, -0.2) is 59.5 Å². The molecule has 0 atom stereocenters. The van der Waals surface area contributed by atoms with Crippen molar-refractivity contribution < 1.29 is 14.2 Å². The normalized spacial score (nSPS) is 10.9. The first-order valence-corrected chi connectivity index (χ1v) is 7.31. The highest BCUT2D eigenvalue weighted by Crippen LogP contribution is 2.24. The second-order valence-electron chi connectivity index (χ2n) is 5.15. The van der Waals surface area contributed by atoms with Crippen molar-refractivity contribution in [2.24, 2.45) is 0 Å². The molecule has 0 bridgehead atoms. The summed E-state index contributed by atoms with van der Waals surface area (Å²) < 4.78 is 16.2. The van der Waals surface area contributed by atoms with E-state index in [0.717, 1.165) is 49.7 Å². The van der Waals surface area contributed by atoms with E-state index in [-0.39, 0.29) is 0 Å². The molecule has 0 spiro atoms. The van der Waals surface area contributed by atoms with Crippen molar-refractivity contribution in [3.63, 3.8) is 0 Å². The summed E-state index contributed by atoms with van der Waals surface area (Å²) >= 11 is 0. The van der Waals surface area contributed by atoms with Crippen LogP contribution in [0.1, 0.15) is 12.0 Å². The van der Waals surface area contributed by atoms with Gasteiger partial charge in [-0.3, -0.25) is 0 Å². The highest BCUT2D eigenvalue weighted by atomic mass is 16.5. The molecule has 0 aliphatic carbocycles. The van der Waals surface area contributed by atoms with E-state index in [1.807, 2.05) is 18.2 Å². The summed E-state index contributed by atoms with van der Waals surface area (Å²) in [7, 11) is 7.51. The standard InChI is InChI=1S/C16H28N2O3/c1-18(2)9-5-10-21-16-7-6-15(20-4)12-14(16)13-17-8-11-19-3/h6-7,12,17H,5,8-11,13H2,1-4H3. The van der Waals surface area contributed by atoms with Crippen LogP contribution in [0.5, 0.6) is 11.5 Å². The summed E-state index contributed by atoms with van der Waals surface area (Å²) in [5, 5.41) is 3.33. The third-order valence-corrected chi connectivity index (χ3v) is 3.07. The Kier molecular flexibility index (Phi) is 8.82. The third kappa shape index (κ3) is 7.32. The zero-order chi connectivity index (χ0) is 15.5. The number of ether oxygens (including phenoxy) is 3. The molecule has 1 rings (SSSR count). The number of nitrogens with one attached hydrogen (secondary N) is 1. The molecule has 0 radical (unpaired) electrons. The number of methoxy groups -OCH3 is 2. The van der Waals surface area contributed by atoms with Gasteiger partial charge in [0, 0.05) is 32.3 Å². The van der Waals surface area contributed by atoms with Gasteiger partial charge in [-0.25, -0.2) is 0 Å². The molecule has 1 aromatic rings. The molecular formula is C16H28N2O3. The highest BCUT2D eigenvalue weighted by Gasteiger charge is 2.06. The zero-order valence-electron chi connectivity index (χ0n) is 13.6. The van der Waals surface area contributed by atoms with Gasteiger partial charge in [-0.05, 0) is 38.7 Å². The number of hydrogen-bond donors (Lipinski definition) is 1. The smallest absolute Gasteiger partial charge is 0.124 e. The molecule has 1 N–H and O–H groups in total. The van der Waals surface area contributed by atoms with E-state index in [1.165, 1.54) is 0 Å². The summed E-state index contributed by atoms with van der Waals surface area (Å²) in [6.07, 6.45) is 1.01. The molecule has 120 valence electrons. The minimum atomic E-state index is 0.697. The third-order valence-electron chi connectivity index (χ3n) is 3.07. The second-order valence-corrected chi connectivity index (χ2v) is 5.15. The SMILES string of the molecule is COCCNCc1cc(OC)ccc1OCCCN(C)C. The molecule has 0 aliphatic heterocycles. The van der Waals surface area contributed by atoms with Gasteiger partial charge in [0.25, 0.3) is 0 Å². The van der Waals surface area contributed by atoms with Crippen LogP contribution in [0.3, 0.4) is 0 Å². The van der Waals surface area contributed by atoms with E-state index in [0.29, 0.717) is 6.61 Å². The van der Waals surface area contributed by atoms with E-state index in [1.54, 1.807) is 14.2 Å². The number of hydrogen-bond acceptors (Lipinski definition) is 5. The van der Waals surface area contributed by atoms with Gasteiger partial charge in [0.2, 0.25) is 0 Å². The van der Waals surface area contributed by atoms with Gasteiger partial charge in [0.1, 0.15) is 11.5 Å². The van der Waals surface area contributed by atoms with Crippen LogP contribution >= 0.6 is 0 Å². The molecule has 0 aromatic heterocycles. The van der Waals surface area contributed by atoms with Gasteiger partial charge in [-0.1, -0.05) is 0 Å². The van der Waals surface area contributed by atoms with Crippen molar-refractivity contribution in [3.8, 4) is 11.5 Å². The highest BCUT2D eigenvalue weighted by molar-refractivity contribution is 5.40. The van der Waals surface area contributed by atoms with Crippen LogP contribution in [0, 0.1) is 0 Å². The van der Waals surface area contributed by atoms with Gasteiger partial charge in [0.05, 0.1) is 20.3 Å². The zero-order valence-corrected chi connectivity index (χ0v) is 13.6. The Morgan fingerprint density at radius 2 is 1.95 bits per heavy atom. The van der Waals surface area contributed by atoms with Crippen LogP contribution in [0.15, 0.2) is 18.2 Å². The number of nitrogens with zero attached hydrogens (tertiary/aromatic N) is 1. The van der Waals surface area contributed by atoms with Crippen LogP contribution in [-0.2, 0) is 11.3 Å². The Hall–Kier alpha value is -1.30. The maximum absolute atomic E-state index is 5.89. The van der Waals surface area contributed by atoms with Gasteiger partial charge >= 0.3 is 0 Å². The second kappa shape index (κ2) is 10.4. The maximum atomic E-state index is 5.89. The summed E-state index contributed by atoms with van der Waals surface area (Å²) in [5.74, 6) is 1.76. The molecule has 0 saturated heterocycles. The summed E-state index contributed by atoms with van der Waals surface area (Å²) in [6.45, 7) is 3.99. The molecule has 5 nitrogen and oxygen atoms in total. The predicted molar refractivity (Wildman–Crippen MR) is 85.2 cm³/mol. The number of benzene rings is 1. The lowest BCUT2D eigenvalue weighted by molar-refractivity contribution is 0.199. The van der Waals surface area contributed by atoms with Crippen molar-refractivity contribution in [3.05, 3.63) is 23.8 Å². The summed E-state index contributed by atoms with van der Waals surface area (Å²) in [6, 6.07) is 5.92. The van der Waals surface area contributed by atoms with Crippen molar-refractivity contribution in [1.82, 2.24) is 10.2 Å². The molecule has 5 heteroatoms. The van der Waals surface area contributed by atoms with Gasteiger partial charge in [0.15, 0.2) is 0 Å². The van der Waals surface area contributed by atoms with Gasteiger partial charge in [-0.15, -0.1) is 0 Å². The maximum Gasteiger partial charge on any atom is 0.124 e. The van der Waals surface area contributed by atoms with E-state index >= 15 is 0 Å². The van der Waals surface area contributed by atoms with Crippen molar-refractivity contribution in [2.45, 2.75) is 13.0 Å². The fourth-order valence-corrected chi connectivity index (χ4v) is 1.92. The lowest BCUT2D eigenvalue weighted by atomic mass is 10.2. The molecule has 0 aliphatic rings. The fourth-order valence-electron chi connectivity index (χ4n) is 1.92. The Bertz CT molecular complexity index is 397. The predicted octanol–water partition coefficient (Wildman–Crippen LogP) is 1.76. The van der Waals surface area contributed by atoms with Gasteiger partial charge < -0.3 is 24.4 Å². The largest absolute Gasteiger partial charge is 0.497 e. The van der Waals surface area contributed by atoms with Crippen LogP contribution in [0.25, 0.3) is 0 Å².